The van der Waals surface area contributed by atoms with Crippen LogP contribution in [0.3, 0.4) is 0 Å². The zero-order valence-corrected chi connectivity index (χ0v) is 8.65. The molecule has 3 unspecified atom stereocenters. The van der Waals surface area contributed by atoms with E-state index in [9.17, 15) is 5.11 Å². The summed E-state index contributed by atoms with van der Waals surface area (Å²) >= 11 is 0. The fourth-order valence-electron chi connectivity index (χ4n) is 2.91. The molecule has 1 saturated heterocycles. The molecule has 1 aliphatic carbocycles. The maximum atomic E-state index is 9.57. The molecule has 0 radical (unpaired) electrons. The van der Waals surface area contributed by atoms with E-state index < -0.39 is 0 Å². The second-order valence-electron chi connectivity index (χ2n) is 4.70. The van der Waals surface area contributed by atoms with Crippen LogP contribution in [0.4, 0.5) is 0 Å². The first kappa shape index (κ1) is 10.0. The molecule has 0 spiro atoms. The van der Waals surface area contributed by atoms with Gasteiger partial charge < -0.3 is 10.0 Å². The maximum absolute atomic E-state index is 9.57. The Kier molecular flexibility index (Phi) is 3.10. The molecular formula is C12H19NO. The van der Waals surface area contributed by atoms with Crippen molar-refractivity contribution in [3.63, 3.8) is 0 Å². The quantitative estimate of drug-likeness (QED) is 0.664. The van der Waals surface area contributed by atoms with Gasteiger partial charge in [-0.2, -0.15) is 0 Å². The summed E-state index contributed by atoms with van der Waals surface area (Å²) < 4.78 is 0. The molecule has 78 valence electrons. The summed E-state index contributed by atoms with van der Waals surface area (Å²) in [6, 6.07) is 0. The summed E-state index contributed by atoms with van der Waals surface area (Å²) in [6.07, 6.45) is 9.31. The number of terminal acetylenes is 1. The monoisotopic (exact) mass is 193 g/mol. The van der Waals surface area contributed by atoms with Gasteiger partial charge in [-0.25, -0.2) is 0 Å². The Hall–Kier alpha value is -0.520. The van der Waals surface area contributed by atoms with Crippen LogP contribution in [0.5, 0.6) is 0 Å². The Morgan fingerprint density at radius 3 is 2.86 bits per heavy atom. The zero-order valence-electron chi connectivity index (χ0n) is 8.65. The van der Waals surface area contributed by atoms with E-state index in [1.165, 1.54) is 13.0 Å². The molecule has 0 aromatic carbocycles. The molecule has 2 fully saturated rings. The van der Waals surface area contributed by atoms with Crippen LogP contribution < -0.4 is 0 Å². The molecule has 0 bridgehead atoms. The number of hydrogen-bond acceptors (Lipinski definition) is 2. The molecule has 2 nitrogen and oxygen atoms in total. The molecule has 2 aliphatic rings. The van der Waals surface area contributed by atoms with Crippen LogP contribution in [-0.4, -0.2) is 35.7 Å². The number of aliphatic hydroxyl groups excluding tert-OH is 1. The highest BCUT2D eigenvalue weighted by Crippen LogP contribution is 2.36. The number of aliphatic hydroxyl groups is 1. The van der Waals surface area contributed by atoms with E-state index in [2.05, 4.69) is 10.8 Å². The highest BCUT2D eigenvalue weighted by Gasteiger charge is 2.36. The summed E-state index contributed by atoms with van der Waals surface area (Å²) in [7, 11) is 0. The highest BCUT2D eigenvalue weighted by atomic mass is 16.3. The fraction of sp³-hybridized carbons (Fsp3) is 0.833. The lowest BCUT2D eigenvalue weighted by Gasteiger charge is -2.27. The summed E-state index contributed by atoms with van der Waals surface area (Å²) in [5.74, 6) is 4.26. The van der Waals surface area contributed by atoms with E-state index in [0.29, 0.717) is 0 Å². The van der Waals surface area contributed by atoms with E-state index >= 15 is 0 Å². The van der Waals surface area contributed by atoms with Crippen molar-refractivity contribution in [3.8, 4) is 12.3 Å². The lowest BCUT2D eigenvalue weighted by Crippen LogP contribution is -2.26. The minimum atomic E-state index is -0.0381. The van der Waals surface area contributed by atoms with Gasteiger partial charge in [-0.05, 0) is 31.1 Å². The van der Waals surface area contributed by atoms with Crippen molar-refractivity contribution in [3.05, 3.63) is 0 Å². The van der Waals surface area contributed by atoms with E-state index in [1.54, 1.807) is 0 Å². The fourth-order valence-corrected chi connectivity index (χ4v) is 2.91. The molecule has 1 N–H and O–H groups in total. The standard InChI is InChI=1S/C12H19NO/c1-2-3-6-13-8-10-4-5-12(14)7-11(10)9-13/h1,10-12,14H,3-9H2. The van der Waals surface area contributed by atoms with Crippen molar-refractivity contribution in [2.45, 2.75) is 31.8 Å². The Morgan fingerprint density at radius 1 is 1.29 bits per heavy atom. The van der Waals surface area contributed by atoms with Crippen molar-refractivity contribution >= 4 is 0 Å². The van der Waals surface area contributed by atoms with Gasteiger partial charge in [-0.15, -0.1) is 12.3 Å². The second kappa shape index (κ2) is 4.33. The Balaban J connectivity index is 1.83. The lowest BCUT2D eigenvalue weighted by molar-refractivity contribution is 0.0865. The molecule has 1 saturated carbocycles. The first-order chi connectivity index (χ1) is 6.79. The van der Waals surface area contributed by atoms with Gasteiger partial charge in [-0.3, -0.25) is 0 Å². The van der Waals surface area contributed by atoms with Gasteiger partial charge in [0.05, 0.1) is 6.10 Å². The van der Waals surface area contributed by atoms with E-state index in [0.717, 1.165) is 44.2 Å². The summed E-state index contributed by atoms with van der Waals surface area (Å²) in [4.78, 5) is 2.47. The molecule has 14 heavy (non-hydrogen) atoms. The van der Waals surface area contributed by atoms with Crippen LogP contribution in [0.15, 0.2) is 0 Å². The van der Waals surface area contributed by atoms with Crippen molar-refractivity contribution < 1.29 is 5.11 Å². The first-order valence-corrected chi connectivity index (χ1v) is 5.63. The van der Waals surface area contributed by atoms with Gasteiger partial charge in [0, 0.05) is 26.1 Å². The lowest BCUT2D eigenvalue weighted by atomic mass is 9.80. The first-order valence-electron chi connectivity index (χ1n) is 5.63. The zero-order chi connectivity index (χ0) is 9.97. The number of fused-ring (bicyclic) bond motifs is 1. The second-order valence-corrected chi connectivity index (χ2v) is 4.70. The summed E-state index contributed by atoms with van der Waals surface area (Å²) in [5, 5.41) is 9.57. The third kappa shape index (κ3) is 2.10. The summed E-state index contributed by atoms with van der Waals surface area (Å²) in [5.41, 5.74) is 0. The average Bonchev–Trinajstić information content (AvgIpc) is 2.56. The molecule has 1 aliphatic heterocycles. The van der Waals surface area contributed by atoms with Crippen LogP contribution in [0.1, 0.15) is 25.7 Å². The molecule has 0 amide bonds. The average molecular weight is 193 g/mol. The number of nitrogens with zero attached hydrogens (tertiary/aromatic N) is 1. The van der Waals surface area contributed by atoms with Crippen molar-refractivity contribution in [2.24, 2.45) is 11.8 Å². The maximum Gasteiger partial charge on any atom is 0.0543 e. The third-order valence-corrected chi connectivity index (χ3v) is 3.67. The number of rotatable bonds is 2. The largest absolute Gasteiger partial charge is 0.393 e. The SMILES string of the molecule is C#CCCN1CC2CCC(O)CC2C1. The number of hydrogen-bond donors (Lipinski definition) is 1. The predicted molar refractivity (Wildman–Crippen MR) is 56.7 cm³/mol. The molecular weight excluding hydrogens is 174 g/mol. The number of likely N-dealkylation sites (tertiary alicyclic amines) is 1. The van der Waals surface area contributed by atoms with Crippen molar-refractivity contribution in [1.29, 1.82) is 0 Å². The molecule has 0 aromatic rings. The van der Waals surface area contributed by atoms with Crippen LogP contribution in [-0.2, 0) is 0 Å². The van der Waals surface area contributed by atoms with Crippen LogP contribution in [0.25, 0.3) is 0 Å². The van der Waals surface area contributed by atoms with Gasteiger partial charge in [0.1, 0.15) is 0 Å². The predicted octanol–water partition coefficient (Wildman–Crippen LogP) is 1.10. The van der Waals surface area contributed by atoms with Gasteiger partial charge in [-0.1, -0.05) is 0 Å². The van der Waals surface area contributed by atoms with Gasteiger partial charge in [0.25, 0.3) is 0 Å². The summed E-state index contributed by atoms with van der Waals surface area (Å²) in [6.45, 7) is 3.40. The Morgan fingerprint density at radius 2 is 2.07 bits per heavy atom. The molecule has 1 heterocycles. The minimum Gasteiger partial charge on any atom is -0.393 e. The smallest absolute Gasteiger partial charge is 0.0543 e. The molecule has 3 atom stereocenters. The molecule has 0 aromatic heterocycles. The third-order valence-electron chi connectivity index (χ3n) is 3.67. The van der Waals surface area contributed by atoms with Crippen LogP contribution in [0.2, 0.25) is 0 Å². The van der Waals surface area contributed by atoms with Crippen molar-refractivity contribution in [1.82, 2.24) is 4.90 Å². The minimum absolute atomic E-state index is 0.0381. The normalized spacial score (nSPS) is 37.9. The highest BCUT2D eigenvalue weighted by molar-refractivity contribution is 4.91. The Labute approximate surface area is 86.3 Å². The van der Waals surface area contributed by atoms with E-state index in [4.69, 9.17) is 6.42 Å². The molecule has 2 heteroatoms. The van der Waals surface area contributed by atoms with Gasteiger partial charge >= 0.3 is 0 Å². The van der Waals surface area contributed by atoms with Crippen LogP contribution in [0, 0.1) is 24.2 Å². The van der Waals surface area contributed by atoms with Crippen molar-refractivity contribution in [2.75, 3.05) is 19.6 Å². The van der Waals surface area contributed by atoms with Gasteiger partial charge in [0.15, 0.2) is 0 Å². The van der Waals surface area contributed by atoms with E-state index in [1.807, 2.05) is 0 Å². The molecule has 2 rings (SSSR count). The van der Waals surface area contributed by atoms with E-state index in [-0.39, 0.29) is 6.10 Å². The topological polar surface area (TPSA) is 23.5 Å². The van der Waals surface area contributed by atoms with Gasteiger partial charge in [0.2, 0.25) is 0 Å². The van der Waals surface area contributed by atoms with Crippen LogP contribution >= 0.6 is 0 Å². The Bertz CT molecular complexity index is 233.